The third-order valence-electron chi connectivity index (χ3n) is 5.59. The molecule has 178 valence electrons. The monoisotopic (exact) mass is 476 g/mol. The van der Waals surface area contributed by atoms with Crippen molar-refractivity contribution in [3.63, 3.8) is 0 Å². The van der Waals surface area contributed by atoms with Gasteiger partial charge >= 0.3 is 7.73 Å². The number of rotatable bonds is 4. The zero-order chi connectivity index (χ0) is 24.7. The molecule has 0 aliphatic rings. The van der Waals surface area contributed by atoms with Crippen molar-refractivity contribution in [3.05, 3.63) is 58.7 Å². The molecule has 0 fully saturated rings. The molecule has 0 spiro atoms. The molecule has 2 aromatic carbocycles. The van der Waals surface area contributed by atoms with Gasteiger partial charge < -0.3 is 9.05 Å². The standard InChI is InChI=1S/C28H42ClO2P/c1-25(2,3)19-15-13-16-20(26(4,5)6)23(19)30-32(29)31-24-21(27(7,8)9)17-14-18-22(24)28(10,11)12/h13-18H,1-12H3. The molecule has 2 rings (SSSR count). The average Bonchev–Trinajstić information content (AvgIpc) is 2.58. The van der Waals surface area contributed by atoms with E-state index in [1.807, 2.05) is 0 Å². The summed E-state index contributed by atoms with van der Waals surface area (Å²) in [7, 11) is -1.71. The van der Waals surface area contributed by atoms with Crippen LogP contribution in [0, 0.1) is 0 Å². The summed E-state index contributed by atoms with van der Waals surface area (Å²) in [4.78, 5) is 0. The molecule has 0 aliphatic heterocycles. The van der Waals surface area contributed by atoms with E-state index in [0.717, 1.165) is 33.8 Å². The normalized spacial score (nSPS) is 13.4. The van der Waals surface area contributed by atoms with E-state index in [2.05, 4.69) is 119 Å². The average molecular weight is 477 g/mol. The van der Waals surface area contributed by atoms with Gasteiger partial charge in [-0.3, -0.25) is 0 Å². The van der Waals surface area contributed by atoms with Crippen molar-refractivity contribution < 1.29 is 9.05 Å². The molecule has 2 aromatic rings. The Bertz CT molecular complexity index is 796. The lowest BCUT2D eigenvalue weighted by atomic mass is 9.79. The fourth-order valence-electron chi connectivity index (χ4n) is 3.80. The summed E-state index contributed by atoms with van der Waals surface area (Å²) >= 11 is 6.86. The van der Waals surface area contributed by atoms with Gasteiger partial charge in [0.1, 0.15) is 11.5 Å². The van der Waals surface area contributed by atoms with Crippen molar-refractivity contribution in [1.29, 1.82) is 0 Å². The van der Waals surface area contributed by atoms with Crippen molar-refractivity contribution in [2.75, 3.05) is 0 Å². The zero-order valence-electron chi connectivity index (χ0n) is 22.1. The van der Waals surface area contributed by atoms with E-state index in [4.69, 9.17) is 20.3 Å². The molecule has 0 aliphatic carbocycles. The minimum atomic E-state index is -1.71. The first kappa shape index (κ1) is 27.0. The van der Waals surface area contributed by atoms with Crippen LogP contribution in [0.25, 0.3) is 0 Å². The summed E-state index contributed by atoms with van der Waals surface area (Å²) in [6.07, 6.45) is 0. The molecule has 0 radical (unpaired) electrons. The highest BCUT2D eigenvalue weighted by atomic mass is 35.7. The Hall–Kier alpha value is -1.24. The maximum Gasteiger partial charge on any atom is 0.401 e. The SMILES string of the molecule is CC(C)(C)c1cccc(C(C)(C)C)c1OP(Cl)Oc1c(C(C)(C)C)cccc1C(C)(C)C. The minimum Gasteiger partial charge on any atom is -0.427 e. The Morgan fingerprint density at radius 3 is 0.906 bits per heavy atom. The summed E-state index contributed by atoms with van der Waals surface area (Å²) in [5.74, 6) is 1.69. The van der Waals surface area contributed by atoms with Crippen LogP contribution in [0.5, 0.6) is 11.5 Å². The van der Waals surface area contributed by atoms with Gasteiger partial charge in [0, 0.05) is 22.3 Å². The van der Waals surface area contributed by atoms with Gasteiger partial charge in [0.15, 0.2) is 0 Å². The number of hydrogen-bond donors (Lipinski definition) is 0. The number of benzene rings is 2. The zero-order valence-corrected chi connectivity index (χ0v) is 23.8. The lowest BCUT2D eigenvalue weighted by Gasteiger charge is -2.32. The maximum absolute atomic E-state index is 6.86. The highest BCUT2D eigenvalue weighted by Crippen LogP contribution is 2.53. The number of para-hydroxylation sites is 2. The molecule has 0 saturated carbocycles. The Morgan fingerprint density at radius 2 is 0.719 bits per heavy atom. The molecule has 4 heteroatoms. The first-order valence-corrected chi connectivity index (χ1v) is 13.5. The fourth-order valence-corrected chi connectivity index (χ4v) is 4.93. The smallest absolute Gasteiger partial charge is 0.401 e. The van der Waals surface area contributed by atoms with Crippen molar-refractivity contribution in [2.24, 2.45) is 0 Å². The second-order valence-electron chi connectivity index (χ2n) is 12.8. The first-order chi connectivity index (χ1) is 14.3. The fraction of sp³-hybridized carbons (Fsp3) is 0.571. The van der Waals surface area contributed by atoms with Crippen LogP contribution in [-0.4, -0.2) is 0 Å². The van der Waals surface area contributed by atoms with Crippen molar-refractivity contribution in [1.82, 2.24) is 0 Å². The van der Waals surface area contributed by atoms with Crippen LogP contribution in [0.2, 0.25) is 0 Å². The second kappa shape index (κ2) is 9.19. The van der Waals surface area contributed by atoms with Gasteiger partial charge in [-0.15, -0.1) is 0 Å². The largest absolute Gasteiger partial charge is 0.427 e. The van der Waals surface area contributed by atoms with Gasteiger partial charge in [0.2, 0.25) is 0 Å². The molecular formula is C28H42ClO2P. The summed E-state index contributed by atoms with van der Waals surface area (Å²) < 4.78 is 13.0. The van der Waals surface area contributed by atoms with Gasteiger partial charge in [0.25, 0.3) is 0 Å². The summed E-state index contributed by atoms with van der Waals surface area (Å²) in [5.41, 5.74) is 4.24. The van der Waals surface area contributed by atoms with Gasteiger partial charge in [-0.2, -0.15) is 0 Å². The van der Waals surface area contributed by atoms with Crippen LogP contribution >= 0.6 is 19.0 Å². The van der Waals surface area contributed by atoms with Crippen molar-refractivity contribution in [2.45, 2.75) is 105 Å². The van der Waals surface area contributed by atoms with Gasteiger partial charge in [-0.1, -0.05) is 119 Å². The third-order valence-corrected chi connectivity index (χ3v) is 6.65. The van der Waals surface area contributed by atoms with Crippen molar-refractivity contribution in [3.8, 4) is 11.5 Å². The van der Waals surface area contributed by atoms with Crippen LogP contribution in [-0.2, 0) is 21.7 Å². The van der Waals surface area contributed by atoms with Crippen LogP contribution in [0.4, 0.5) is 0 Å². The molecule has 2 nitrogen and oxygen atoms in total. The molecule has 0 N–H and O–H groups in total. The molecule has 0 saturated heterocycles. The van der Waals surface area contributed by atoms with Crippen LogP contribution in [0.1, 0.15) is 105 Å². The van der Waals surface area contributed by atoms with Gasteiger partial charge in [-0.05, 0) is 32.9 Å². The highest BCUT2D eigenvalue weighted by Gasteiger charge is 2.32. The molecule has 0 heterocycles. The Labute approximate surface area is 202 Å². The third kappa shape index (κ3) is 6.42. The number of halogens is 1. The second-order valence-corrected chi connectivity index (χ2v) is 14.4. The van der Waals surface area contributed by atoms with E-state index in [1.54, 1.807) is 0 Å². The van der Waals surface area contributed by atoms with E-state index < -0.39 is 7.73 Å². The summed E-state index contributed by atoms with van der Waals surface area (Å²) in [6, 6.07) is 12.8. The lowest BCUT2D eigenvalue weighted by molar-refractivity contribution is 0.447. The lowest BCUT2D eigenvalue weighted by Crippen LogP contribution is -2.20. The van der Waals surface area contributed by atoms with Crippen LogP contribution in [0.15, 0.2) is 36.4 Å². The first-order valence-electron chi connectivity index (χ1n) is 11.4. The maximum atomic E-state index is 6.86. The van der Waals surface area contributed by atoms with E-state index in [-0.39, 0.29) is 21.7 Å². The summed E-state index contributed by atoms with van der Waals surface area (Å²) in [5, 5.41) is 0. The van der Waals surface area contributed by atoms with Gasteiger partial charge in [0.05, 0.1) is 0 Å². The molecule has 0 bridgehead atoms. The number of hydrogen-bond acceptors (Lipinski definition) is 2. The van der Waals surface area contributed by atoms with E-state index in [1.165, 1.54) is 0 Å². The Morgan fingerprint density at radius 1 is 0.500 bits per heavy atom. The highest BCUT2D eigenvalue weighted by molar-refractivity contribution is 7.76. The molecule has 0 atom stereocenters. The van der Waals surface area contributed by atoms with E-state index >= 15 is 0 Å². The Balaban J connectivity index is 2.57. The quantitative estimate of drug-likeness (QED) is 0.408. The Kier molecular flexibility index (Phi) is 7.75. The predicted octanol–water partition coefficient (Wildman–Crippen LogP) is 9.80. The summed E-state index contributed by atoms with van der Waals surface area (Å²) in [6.45, 7) is 26.4. The molecular weight excluding hydrogens is 435 g/mol. The topological polar surface area (TPSA) is 18.5 Å². The van der Waals surface area contributed by atoms with Crippen LogP contribution < -0.4 is 9.05 Å². The molecule has 0 unspecified atom stereocenters. The molecule has 0 amide bonds. The van der Waals surface area contributed by atoms with E-state index in [9.17, 15) is 0 Å². The molecule has 0 aromatic heterocycles. The van der Waals surface area contributed by atoms with Gasteiger partial charge in [-0.25, -0.2) is 0 Å². The minimum absolute atomic E-state index is 0.0798. The molecule has 32 heavy (non-hydrogen) atoms. The van der Waals surface area contributed by atoms with Crippen LogP contribution in [0.3, 0.4) is 0 Å². The van der Waals surface area contributed by atoms with E-state index in [0.29, 0.717) is 0 Å². The van der Waals surface area contributed by atoms with Crippen molar-refractivity contribution >= 4 is 19.0 Å². The predicted molar refractivity (Wildman–Crippen MR) is 142 cm³/mol.